The fourth-order valence-corrected chi connectivity index (χ4v) is 2.67. The third kappa shape index (κ3) is 4.46. The van der Waals surface area contributed by atoms with Gasteiger partial charge in [-0.1, -0.05) is 0 Å². The second-order valence-corrected chi connectivity index (χ2v) is 5.92. The summed E-state index contributed by atoms with van der Waals surface area (Å²) in [5.41, 5.74) is 0. The van der Waals surface area contributed by atoms with E-state index in [4.69, 9.17) is 5.11 Å². The fraction of sp³-hybridized carbons (Fsp3) is 1.00. The molecular formula is C9H20N2O3S. The zero-order valence-electron chi connectivity index (χ0n) is 9.22. The molecule has 0 spiro atoms. The quantitative estimate of drug-likeness (QED) is 0.704. The lowest BCUT2D eigenvalue weighted by Gasteiger charge is -2.19. The second-order valence-electron chi connectivity index (χ2n) is 3.93. The van der Waals surface area contributed by atoms with Crippen LogP contribution in [0.15, 0.2) is 0 Å². The van der Waals surface area contributed by atoms with Crippen LogP contribution in [0.1, 0.15) is 12.8 Å². The number of aliphatic hydroxyl groups is 1. The molecule has 0 aliphatic carbocycles. The van der Waals surface area contributed by atoms with Gasteiger partial charge in [0.25, 0.3) is 0 Å². The summed E-state index contributed by atoms with van der Waals surface area (Å²) in [6, 6.07) is 0. The van der Waals surface area contributed by atoms with Crippen LogP contribution in [0, 0.1) is 0 Å². The first-order valence-electron chi connectivity index (χ1n) is 5.32. The van der Waals surface area contributed by atoms with Gasteiger partial charge in [0.1, 0.15) is 0 Å². The monoisotopic (exact) mass is 236 g/mol. The van der Waals surface area contributed by atoms with Crippen LogP contribution in [0.4, 0.5) is 0 Å². The van der Waals surface area contributed by atoms with Crippen LogP contribution in [0.3, 0.4) is 0 Å². The normalized spacial score (nSPS) is 21.5. The van der Waals surface area contributed by atoms with Gasteiger partial charge in [-0.3, -0.25) is 0 Å². The first kappa shape index (κ1) is 12.9. The first-order valence-corrected chi connectivity index (χ1v) is 7.17. The van der Waals surface area contributed by atoms with E-state index in [0.29, 0.717) is 13.1 Å². The molecule has 0 bridgehead atoms. The van der Waals surface area contributed by atoms with Crippen molar-refractivity contribution in [1.29, 1.82) is 0 Å². The van der Waals surface area contributed by atoms with Gasteiger partial charge in [0.2, 0.25) is 10.0 Å². The summed E-state index contributed by atoms with van der Waals surface area (Å²) in [5, 5.41) is 8.72. The lowest BCUT2D eigenvalue weighted by atomic mass is 10.3. The van der Waals surface area contributed by atoms with Gasteiger partial charge in [0.05, 0.1) is 6.26 Å². The molecule has 0 atom stereocenters. The molecule has 5 nitrogen and oxygen atoms in total. The van der Waals surface area contributed by atoms with Crippen molar-refractivity contribution in [3.8, 4) is 0 Å². The lowest BCUT2D eigenvalue weighted by molar-refractivity contribution is 0.230. The average Bonchev–Trinajstić information content (AvgIpc) is 2.38. The van der Waals surface area contributed by atoms with E-state index in [1.54, 1.807) is 0 Å². The van der Waals surface area contributed by atoms with Crippen LogP contribution in [0.2, 0.25) is 0 Å². The zero-order valence-corrected chi connectivity index (χ0v) is 10.0. The van der Waals surface area contributed by atoms with Crippen LogP contribution < -0.4 is 0 Å². The zero-order chi connectivity index (χ0) is 11.3. The molecule has 1 aliphatic rings. The smallest absolute Gasteiger partial charge is 0.211 e. The van der Waals surface area contributed by atoms with Crippen LogP contribution in [-0.4, -0.2) is 68.3 Å². The Kier molecular flexibility index (Phi) is 4.98. The van der Waals surface area contributed by atoms with Crippen LogP contribution in [-0.2, 0) is 10.0 Å². The highest BCUT2D eigenvalue weighted by Gasteiger charge is 2.20. The Balaban J connectivity index is 2.42. The minimum absolute atomic E-state index is 0.201. The van der Waals surface area contributed by atoms with Gasteiger partial charge in [-0.25, -0.2) is 12.7 Å². The molecule has 1 fully saturated rings. The molecule has 1 aliphatic heterocycles. The van der Waals surface area contributed by atoms with Crippen LogP contribution in [0.25, 0.3) is 0 Å². The molecular weight excluding hydrogens is 216 g/mol. The van der Waals surface area contributed by atoms with Gasteiger partial charge in [-0.15, -0.1) is 0 Å². The predicted molar refractivity (Wildman–Crippen MR) is 59.2 cm³/mol. The molecule has 1 saturated heterocycles. The van der Waals surface area contributed by atoms with Gasteiger partial charge < -0.3 is 10.0 Å². The molecule has 1 N–H and O–H groups in total. The van der Waals surface area contributed by atoms with E-state index in [0.717, 1.165) is 32.5 Å². The van der Waals surface area contributed by atoms with Crippen molar-refractivity contribution in [3.63, 3.8) is 0 Å². The van der Waals surface area contributed by atoms with E-state index in [1.165, 1.54) is 10.6 Å². The Hall–Kier alpha value is -0.170. The van der Waals surface area contributed by atoms with Crippen molar-refractivity contribution in [2.45, 2.75) is 12.8 Å². The number of hydrogen-bond acceptors (Lipinski definition) is 4. The predicted octanol–water partition coefficient (Wildman–Crippen LogP) is -0.664. The fourth-order valence-electron chi connectivity index (χ4n) is 1.80. The molecule has 90 valence electrons. The summed E-state index contributed by atoms with van der Waals surface area (Å²) in [5.74, 6) is 0. The maximum Gasteiger partial charge on any atom is 0.211 e. The molecule has 0 saturated carbocycles. The molecule has 6 heteroatoms. The van der Waals surface area contributed by atoms with Crippen molar-refractivity contribution in [3.05, 3.63) is 0 Å². The lowest BCUT2D eigenvalue weighted by Crippen LogP contribution is -2.34. The molecule has 0 aromatic rings. The minimum atomic E-state index is -3.04. The summed E-state index contributed by atoms with van der Waals surface area (Å²) in [6.45, 7) is 3.94. The maximum absolute atomic E-state index is 11.3. The number of aliphatic hydroxyl groups excluding tert-OH is 1. The van der Waals surface area contributed by atoms with E-state index in [-0.39, 0.29) is 6.61 Å². The largest absolute Gasteiger partial charge is 0.396 e. The van der Waals surface area contributed by atoms with E-state index >= 15 is 0 Å². The summed E-state index contributed by atoms with van der Waals surface area (Å²) in [4.78, 5) is 2.21. The van der Waals surface area contributed by atoms with E-state index < -0.39 is 10.0 Å². The van der Waals surface area contributed by atoms with E-state index in [2.05, 4.69) is 4.90 Å². The highest BCUT2D eigenvalue weighted by Crippen LogP contribution is 2.06. The van der Waals surface area contributed by atoms with Gasteiger partial charge in [-0.2, -0.15) is 0 Å². The van der Waals surface area contributed by atoms with Crippen molar-refractivity contribution < 1.29 is 13.5 Å². The van der Waals surface area contributed by atoms with Crippen molar-refractivity contribution >= 4 is 10.0 Å². The highest BCUT2D eigenvalue weighted by molar-refractivity contribution is 7.88. The number of hydrogen-bond donors (Lipinski definition) is 1. The maximum atomic E-state index is 11.3. The van der Waals surface area contributed by atoms with E-state index in [1.807, 2.05) is 0 Å². The van der Waals surface area contributed by atoms with Crippen molar-refractivity contribution in [1.82, 2.24) is 9.21 Å². The van der Waals surface area contributed by atoms with E-state index in [9.17, 15) is 8.42 Å². The second kappa shape index (κ2) is 5.79. The number of nitrogens with zero attached hydrogens (tertiary/aromatic N) is 2. The molecule has 1 heterocycles. The van der Waals surface area contributed by atoms with Crippen molar-refractivity contribution in [2.75, 3.05) is 45.6 Å². The summed E-state index contributed by atoms with van der Waals surface area (Å²) in [7, 11) is -3.04. The first-order chi connectivity index (χ1) is 7.04. The summed E-state index contributed by atoms with van der Waals surface area (Å²) in [6.07, 6.45) is 2.90. The van der Waals surface area contributed by atoms with Gasteiger partial charge in [0, 0.05) is 32.8 Å². The Morgan fingerprint density at radius 1 is 1.20 bits per heavy atom. The van der Waals surface area contributed by atoms with Crippen molar-refractivity contribution in [2.24, 2.45) is 0 Å². The minimum Gasteiger partial charge on any atom is -0.396 e. The average molecular weight is 236 g/mol. The van der Waals surface area contributed by atoms with Crippen LogP contribution >= 0.6 is 0 Å². The molecule has 15 heavy (non-hydrogen) atoms. The molecule has 0 unspecified atom stereocenters. The SMILES string of the molecule is CS(=O)(=O)N1CCCN(CCCO)CC1. The van der Waals surface area contributed by atoms with Gasteiger partial charge in [-0.05, 0) is 19.4 Å². The molecule has 1 rings (SSSR count). The topological polar surface area (TPSA) is 60.9 Å². The van der Waals surface area contributed by atoms with Gasteiger partial charge >= 0.3 is 0 Å². The Morgan fingerprint density at radius 3 is 2.53 bits per heavy atom. The van der Waals surface area contributed by atoms with Crippen LogP contribution in [0.5, 0.6) is 0 Å². The summed E-state index contributed by atoms with van der Waals surface area (Å²) >= 11 is 0. The highest BCUT2D eigenvalue weighted by atomic mass is 32.2. The number of rotatable bonds is 4. The Bertz CT molecular complexity index is 279. The number of sulfonamides is 1. The van der Waals surface area contributed by atoms with Gasteiger partial charge in [0.15, 0.2) is 0 Å². The third-order valence-corrected chi connectivity index (χ3v) is 3.95. The Labute approximate surface area is 91.7 Å². The molecule has 0 aromatic heterocycles. The molecule has 0 aromatic carbocycles. The summed E-state index contributed by atoms with van der Waals surface area (Å²) < 4.78 is 24.2. The third-order valence-electron chi connectivity index (χ3n) is 2.65. The Morgan fingerprint density at radius 2 is 1.93 bits per heavy atom. The molecule has 0 radical (unpaired) electrons. The standard InChI is InChI=1S/C9H20N2O3S/c1-15(13,14)11-6-2-4-10(7-8-11)5-3-9-12/h12H,2-9H2,1H3. The molecule has 0 amide bonds.